The second kappa shape index (κ2) is 10.3. The van der Waals surface area contributed by atoms with Crippen LogP contribution >= 0.6 is 0 Å². The van der Waals surface area contributed by atoms with Crippen molar-refractivity contribution in [3.63, 3.8) is 0 Å². The van der Waals surface area contributed by atoms with Crippen molar-refractivity contribution in [1.29, 1.82) is 0 Å². The molecular formula is C22H26N4O2. The summed E-state index contributed by atoms with van der Waals surface area (Å²) in [7, 11) is 0. The Morgan fingerprint density at radius 3 is 2.46 bits per heavy atom. The van der Waals surface area contributed by atoms with Crippen molar-refractivity contribution in [3.05, 3.63) is 77.9 Å². The lowest BCUT2D eigenvalue weighted by Gasteiger charge is -2.25. The van der Waals surface area contributed by atoms with Gasteiger partial charge in [0.2, 0.25) is 11.8 Å². The van der Waals surface area contributed by atoms with E-state index in [0.717, 1.165) is 29.9 Å². The number of benzene rings is 2. The molecule has 0 atom stereocenters. The van der Waals surface area contributed by atoms with Crippen molar-refractivity contribution >= 4 is 11.6 Å². The molecule has 28 heavy (non-hydrogen) atoms. The van der Waals surface area contributed by atoms with Gasteiger partial charge in [-0.3, -0.25) is 15.2 Å². The van der Waals surface area contributed by atoms with E-state index in [9.17, 15) is 4.79 Å². The Morgan fingerprint density at radius 1 is 1.04 bits per heavy atom. The highest BCUT2D eigenvalue weighted by Gasteiger charge is 2.12. The Kier molecular flexibility index (Phi) is 7.18. The smallest absolute Gasteiger partial charge is 0.238 e. The van der Waals surface area contributed by atoms with Crippen LogP contribution in [-0.4, -0.2) is 16.0 Å². The summed E-state index contributed by atoms with van der Waals surface area (Å²) in [6, 6.07) is 19.9. The van der Waals surface area contributed by atoms with Crippen LogP contribution in [0.15, 0.2) is 65.2 Å². The zero-order valence-corrected chi connectivity index (χ0v) is 16.2. The summed E-state index contributed by atoms with van der Waals surface area (Å²) in [5.41, 5.74) is 5.09. The first kappa shape index (κ1) is 19.6. The number of rotatable bonds is 10. The molecule has 6 nitrogen and oxygen atoms in total. The molecule has 0 bridgehead atoms. The van der Waals surface area contributed by atoms with E-state index in [0.29, 0.717) is 31.7 Å². The topological polar surface area (TPSA) is 71.3 Å². The third kappa shape index (κ3) is 5.94. The van der Waals surface area contributed by atoms with Gasteiger partial charge in [0.15, 0.2) is 5.82 Å². The Hall–Kier alpha value is -3.15. The molecule has 0 aliphatic heterocycles. The molecule has 1 N–H and O–H groups in total. The van der Waals surface area contributed by atoms with E-state index in [-0.39, 0.29) is 5.91 Å². The molecule has 0 aliphatic carbocycles. The number of nitrogens with one attached hydrogen (secondary N) is 1. The van der Waals surface area contributed by atoms with Gasteiger partial charge in [-0.2, -0.15) is 4.98 Å². The van der Waals surface area contributed by atoms with Gasteiger partial charge in [0.05, 0.1) is 12.2 Å². The molecule has 0 radical (unpaired) electrons. The van der Waals surface area contributed by atoms with E-state index >= 15 is 0 Å². The number of carbonyl (C=O) groups excluding carboxylic acids is 1. The van der Waals surface area contributed by atoms with E-state index in [1.807, 2.05) is 65.7 Å². The molecule has 2 aromatic carbocycles. The summed E-state index contributed by atoms with van der Waals surface area (Å²) in [4.78, 5) is 16.8. The fraction of sp³-hybridized carbons (Fsp3) is 0.318. The largest absolute Gasteiger partial charge is 0.339 e. The number of hydrogen-bond acceptors (Lipinski definition) is 5. The molecule has 3 rings (SSSR count). The van der Waals surface area contributed by atoms with E-state index in [4.69, 9.17) is 4.52 Å². The van der Waals surface area contributed by atoms with Crippen LogP contribution in [0, 0.1) is 0 Å². The van der Waals surface area contributed by atoms with Crippen molar-refractivity contribution in [1.82, 2.24) is 15.6 Å². The third-order valence-corrected chi connectivity index (χ3v) is 4.29. The van der Waals surface area contributed by atoms with Crippen LogP contribution in [0.2, 0.25) is 0 Å². The van der Waals surface area contributed by atoms with Crippen LogP contribution < -0.4 is 10.4 Å². The van der Waals surface area contributed by atoms with Gasteiger partial charge in [0.1, 0.15) is 0 Å². The Balaban J connectivity index is 1.54. The predicted octanol–water partition coefficient (Wildman–Crippen LogP) is 4.08. The minimum atomic E-state index is -0.0342. The first-order valence-corrected chi connectivity index (χ1v) is 9.72. The van der Waals surface area contributed by atoms with E-state index < -0.39 is 0 Å². The maximum Gasteiger partial charge on any atom is 0.238 e. The molecule has 146 valence electrons. The highest BCUT2D eigenvalue weighted by Crippen LogP contribution is 2.15. The standard InChI is InChI=1S/C22H26N4O2/c1-2-10-20-23-22(28-25-20)16-9-15-21(27)24-26(19-13-7-4-8-14-19)17-18-11-5-3-6-12-18/h3-8,11-14H,2,9-10,15-17H2,1H3,(H,24,27). The first-order chi connectivity index (χ1) is 13.7. The number of amides is 1. The fourth-order valence-electron chi connectivity index (χ4n) is 2.89. The van der Waals surface area contributed by atoms with Crippen molar-refractivity contribution in [2.75, 3.05) is 5.01 Å². The minimum Gasteiger partial charge on any atom is -0.339 e. The van der Waals surface area contributed by atoms with E-state index in [1.54, 1.807) is 0 Å². The molecule has 0 spiro atoms. The van der Waals surface area contributed by atoms with Gasteiger partial charge >= 0.3 is 0 Å². The van der Waals surface area contributed by atoms with Gasteiger partial charge in [-0.25, -0.2) is 0 Å². The van der Waals surface area contributed by atoms with Gasteiger partial charge in [0, 0.05) is 19.3 Å². The first-order valence-electron chi connectivity index (χ1n) is 9.72. The minimum absolute atomic E-state index is 0.0342. The number of hydrazine groups is 1. The summed E-state index contributed by atoms with van der Waals surface area (Å²) in [5.74, 6) is 1.30. The molecule has 3 aromatic rings. The molecule has 1 amide bonds. The van der Waals surface area contributed by atoms with Crippen LogP contribution in [-0.2, 0) is 24.2 Å². The fourth-order valence-corrected chi connectivity index (χ4v) is 2.89. The summed E-state index contributed by atoms with van der Waals surface area (Å²) >= 11 is 0. The van der Waals surface area contributed by atoms with Gasteiger partial charge < -0.3 is 4.52 Å². The molecule has 1 aromatic heterocycles. The molecule has 0 fully saturated rings. The van der Waals surface area contributed by atoms with Crippen molar-refractivity contribution in [3.8, 4) is 0 Å². The third-order valence-electron chi connectivity index (χ3n) is 4.29. The number of aryl methyl sites for hydroxylation is 2. The molecule has 1 heterocycles. The zero-order valence-electron chi connectivity index (χ0n) is 16.2. The average Bonchev–Trinajstić information content (AvgIpc) is 3.17. The molecule has 0 saturated carbocycles. The number of para-hydroxylation sites is 1. The maximum atomic E-state index is 12.5. The average molecular weight is 378 g/mol. The Morgan fingerprint density at radius 2 is 1.75 bits per heavy atom. The lowest BCUT2D eigenvalue weighted by atomic mass is 10.2. The van der Waals surface area contributed by atoms with Crippen LogP contribution in [0.1, 0.15) is 43.5 Å². The lowest BCUT2D eigenvalue weighted by Crippen LogP contribution is -2.41. The van der Waals surface area contributed by atoms with Crippen molar-refractivity contribution < 1.29 is 9.32 Å². The van der Waals surface area contributed by atoms with Crippen LogP contribution in [0.25, 0.3) is 0 Å². The highest BCUT2D eigenvalue weighted by atomic mass is 16.5. The normalized spacial score (nSPS) is 10.6. The van der Waals surface area contributed by atoms with E-state index in [2.05, 4.69) is 22.5 Å². The van der Waals surface area contributed by atoms with Crippen LogP contribution in [0.4, 0.5) is 5.69 Å². The monoisotopic (exact) mass is 378 g/mol. The lowest BCUT2D eigenvalue weighted by molar-refractivity contribution is -0.121. The van der Waals surface area contributed by atoms with Crippen LogP contribution in [0.3, 0.4) is 0 Å². The molecule has 0 saturated heterocycles. The van der Waals surface area contributed by atoms with Crippen molar-refractivity contribution in [2.24, 2.45) is 0 Å². The Labute approximate surface area is 165 Å². The summed E-state index contributed by atoms with van der Waals surface area (Å²) in [5, 5.41) is 5.82. The number of hydrogen-bond donors (Lipinski definition) is 1. The summed E-state index contributed by atoms with van der Waals surface area (Å²) in [6.07, 6.45) is 3.46. The maximum absolute atomic E-state index is 12.5. The molecule has 0 aliphatic rings. The van der Waals surface area contributed by atoms with Gasteiger partial charge in [-0.05, 0) is 30.5 Å². The van der Waals surface area contributed by atoms with Gasteiger partial charge in [-0.1, -0.05) is 60.6 Å². The number of nitrogens with zero attached hydrogens (tertiary/aromatic N) is 3. The highest BCUT2D eigenvalue weighted by molar-refractivity contribution is 5.77. The molecule has 6 heteroatoms. The number of aromatic nitrogens is 2. The summed E-state index contributed by atoms with van der Waals surface area (Å²) in [6.45, 7) is 2.68. The SMILES string of the molecule is CCCc1noc(CCCC(=O)NN(Cc2ccccc2)c2ccccc2)n1. The summed E-state index contributed by atoms with van der Waals surface area (Å²) < 4.78 is 5.23. The second-order valence-corrected chi connectivity index (χ2v) is 6.65. The predicted molar refractivity (Wildman–Crippen MR) is 108 cm³/mol. The van der Waals surface area contributed by atoms with E-state index in [1.165, 1.54) is 0 Å². The van der Waals surface area contributed by atoms with Gasteiger partial charge in [0.25, 0.3) is 0 Å². The molecule has 0 unspecified atom stereocenters. The molecular weight excluding hydrogens is 352 g/mol. The van der Waals surface area contributed by atoms with Crippen molar-refractivity contribution in [2.45, 2.75) is 45.6 Å². The quantitative estimate of drug-likeness (QED) is 0.538. The van der Waals surface area contributed by atoms with Gasteiger partial charge in [-0.15, -0.1) is 0 Å². The number of carbonyl (C=O) groups is 1. The zero-order chi connectivity index (χ0) is 19.6. The Bertz CT molecular complexity index is 849. The second-order valence-electron chi connectivity index (χ2n) is 6.65. The number of anilines is 1. The van der Waals surface area contributed by atoms with Crippen LogP contribution in [0.5, 0.6) is 0 Å².